The van der Waals surface area contributed by atoms with Gasteiger partial charge < -0.3 is 28.7 Å². The summed E-state index contributed by atoms with van der Waals surface area (Å²) in [6, 6.07) is 5.71. The smallest absolute Gasteiger partial charge is 0.412 e. The summed E-state index contributed by atoms with van der Waals surface area (Å²) in [5, 5.41) is 13.2. The zero-order valence-electron chi connectivity index (χ0n) is 26.2. The SMILES string of the molecule is CC(C)(C)OC(=O)Nc1cc(C2CCN(C(=O)OC(C)(C)C)CC2)nc(C#N)c1OCc1c(N2CCOCC2)ccnc1Cl. The number of pyridine rings is 2. The van der Waals surface area contributed by atoms with Crippen LogP contribution in [0.3, 0.4) is 0 Å². The standard InChI is InChI=1S/C31H41ClN6O6/c1-30(2,3)43-28(39)36-23-17-22(20-8-11-38(12-9-20)29(40)44-31(4,5)6)35-24(18-33)26(23)42-19-21-25(7-10-34-27(21)32)37-13-15-41-16-14-37/h7,10,17,20H,8-9,11-16,19H2,1-6H3,(H,35,36,39). The Morgan fingerprint density at radius 3 is 2.36 bits per heavy atom. The fourth-order valence-electron chi connectivity index (χ4n) is 5.01. The molecule has 2 amide bonds. The second-order valence-electron chi connectivity index (χ2n) is 12.7. The molecule has 0 aliphatic carbocycles. The van der Waals surface area contributed by atoms with E-state index in [0.29, 0.717) is 63.5 Å². The second-order valence-corrected chi connectivity index (χ2v) is 13.1. The molecule has 2 aliphatic rings. The topological polar surface area (TPSA) is 139 Å². The number of carbonyl (C=O) groups is 2. The van der Waals surface area contributed by atoms with Gasteiger partial charge in [-0.25, -0.2) is 19.6 Å². The minimum atomic E-state index is -0.746. The molecule has 2 fully saturated rings. The molecule has 2 aliphatic heterocycles. The van der Waals surface area contributed by atoms with E-state index in [4.69, 9.17) is 30.5 Å². The number of anilines is 2. The van der Waals surface area contributed by atoms with Crippen molar-refractivity contribution in [3.63, 3.8) is 0 Å². The van der Waals surface area contributed by atoms with E-state index < -0.39 is 17.3 Å². The molecule has 2 aromatic heterocycles. The monoisotopic (exact) mass is 628 g/mol. The van der Waals surface area contributed by atoms with Gasteiger partial charge in [-0.1, -0.05) is 11.6 Å². The third kappa shape index (κ3) is 8.86. The maximum absolute atomic E-state index is 12.9. The summed E-state index contributed by atoms with van der Waals surface area (Å²) in [5.74, 6) is 0.0378. The Balaban J connectivity index is 1.61. The van der Waals surface area contributed by atoms with Crippen LogP contribution in [0.15, 0.2) is 18.3 Å². The zero-order valence-corrected chi connectivity index (χ0v) is 27.0. The van der Waals surface area contributed by atoms with Crippen molar-refractivity contribution < 1.29 is 28.5 Å². The molecule has 0 unspecified atom stereocenters. The molecule has 13 heteroatoms. The lowest BCUT2D eigenvalue weighted by Gasteiger charge is -2.33. The van der Waals surface area contributed by atoms with Gasteiger partial charge in [0.1, 0.15) is 29.0 Å². The summed E-state index contributed by atoms with van der Waals surface area (Å²) in [6.45, 7) is 14.3. The Morgan fingerprint density at radius 1 is 1.09 bits per heavy atom. The molecule has 0 saturated carbocycles. The van der Waals surface area contributed by atoms with Crippen molar-refractivity contribution in [1.82, 2.24) is 14.9 Å². The first kappa shape index (κ1) is 33.1. The van der Waals surface area contributed by atoms with Crippen LogP contribution in [0.25, 0.3) is 0 Å². The van der Waals surface area contributed by atoms with Crippen LogP contribution in [-0.2, 0) is 20.8 Å². The normalized spacial score (nSPS) is 16.2. The lowest BCUT2D eigenvalue weighted by atomic mass is 9.92. The number of likely N-dealkylation sites (tertiary alicyclic amines) is 1. The van der Waals surface area contributed by atoms with Crippen LogP contribution in [0.1, 0.15) is 77.3 Å². The minimum Gasteiger partial charge on any atom is -0.483 e. The lowest BCUT2D eigenvalue weighted by molar-refractivity contribution is 0.0203. The largest absolute Gasteiger partial charge is 0.483 e. The predicted octanol–water partition coefficient (Wildman–Crippen LogP) is 5.88. The fourth-order valence-corrected chi connectivity index (χ4v) is 5.22. The first-order valence-corrected chi connectivity index (χ1v) is 15.1. The summed E-state index contributed by atoms with van der Waals surface area (Å²) in [4.78, 5) is 38.2. The second kappa shape index (κ2) is 13.9. The van der Waals surface area contributed by atoms with Crippen LogP contribution in [-0.4, -0.2) is 77.6 Å². The number of carbonyl (C=O) groups excluding carboxylic acids is 2. The van der Waals surface area contributed by atoms with Crippen molar-refractivity contribution >= 4 is 35.2 Å². The van der Waals surface area contributed by atoms with E-state index in [1.165, 1.54) is 0 Å². The van der Waals surface area contributed by atoms with Crippen molar-refractivity contribution in [2.45, 2.75) is 78.1 Å². The van der Waals surface area contributed by atoms with Crippen molar-refractivity contribution in [3.05, 3.63) is 40.4 Å². The molecule has 0 bridgehead atoms. The first-order valence-electron chi connectivity index (χ1n) is 14.8. The number of nitriles is 1. The van der Waals surface area contributed by atoms with Crippen molar-refractivity contribution in [1.29, 1.82) is 5.26 Å². The molecule has 4 heterocycles. The number of hydrogen-bond acceptors (Lipinski definition) is 10. The Labute approximate surface area is 263 Å². The average molecular weight is 629 g/mol. The summed E-state index contributed by atoms with van der Waals surface area (Å²) in [7, 11) is 0. The third-order valence-electron chi connectivity index (χ3n) is 6.99. The van der Waals surface area contributed by atoms with Crippen LogP contribution in [0, 0.1) is 11.3 Å². The molecule has 0 spiro atoms. The van der Waals surface area contributed by atoms with Gasteiger partial charge in [0.25, 0.3) is 0 Å². The Kier molecular flexibility index (Phi) is 10.4. The Hall–Kier alpha value is -3.82. The fraction of sp³-hybridized carbons (Fsp3) is 0.581. The highest BCUT2D eigenvalue weighted by Gasteiger charge is 2.30. The Bertz CT molecular complexity index is 1390. The van der Waals surface area contributed by atoms with Crippen molar-refractivity contribution in [2.75, 3.05) is 49.6 Å². The summed E-state index contributed by atoms with van der Waals surface area (Å²) < 4.78 is 22.7. The highest BCUT2D eigenvalue weighted by Crippen LogP contribution is 2.37. The van der Waals surface area contributed by atoms with Gasteiger partial charge in [-0.3, -0.25) is 5.32 Å². The van der Waals surface area contributed by atoms with E-state index >= 15 is 0 Å². The zero-order chi connectivity index (χ0) is 32.1. The maximum Gasteiger partial charge on any atom is 0.412 e. The van der Waals surface area contributed by atoms with E-state index in [0.717, 1.165) is 5.69 Å². The summed E-state index contributed by atoms with van der Waals surface area (Å²) in [5.41, 5.74) is 1.04. The molecule has 4 rings (SSSR count). The van der Waals surface area contributed by atoms with Crippen LogP contribution in [0.4, 0.5) is 21.0 Å². The highest BCUT2D eigenvalue weighted by atomic mass is 35.5. The van der Waals surface area contributed by atoms with Crippen LogP contribution in [0.5, 0.6) is 5.75 Å². The third-order valence-corrected chi connectivity index (χ3v) is 7.32. The van der Waals surface area contributed by atoms with Gasteiger partial charge >= 0.3 is 12.2 Å². The van der Waals surface area contributed by atoms with E-state index in [9.17, 15) is 14.9 Å². The van der Waals surface area contributed by atoms with Gasteiger partial charge in [-0.15, -0.1) is 0 Å². The van der Waals surface area contributed by atoms with E-state index in [1.807, 2.05) is 26.8 Å². The molecular weight excluding hydrogens is 588 g/mol. The Morgan fingerprint density at radius 2 is 1.75 bits per heavy atom. The van der Waals surface area contributed by atoms with Crippen LogP contribution in [0.2, 0.25) is 5.15 Å². The number of hydrogen-bond donors (Lipinski definition) is 1. The van der Waals surface area contributed by atoms with E-state index in [1.54, 1.807) is 37.9 Å². The number of rotatable bonds is 6. The van der Waals surface area contributed by atoms with E-state index in [2.05, 4.69) is 26.3 Å². The summed E-state index contributed by atoms with van der Waals surface area (Å²) >= 11 is 6.53. The van der Waals surface area contributed by atoms with Crippen molar-refractivity contribution in [3.8, 4) is 11.8 Å². The van der Waals surface area contributed by atoms with E-state index in [-0.39, 0.29) is 40.9 Å². The molecule has 0 aromatic carbocycles. The number of ether oxygens (including phenoxy) is 4. The van der Waals surface area contributed by atoms with Gasteiger partial charge in [0.15, 0.2) is 11.4 Å². The number of nitrogens with one attached hydrogen (secondary N) is 1. The van der Waals surface area contributed by atoms with Crippen LogP contribution >= 0.6 is 11.6 Å². The predicted molar refractivity (Wildman–Crippen MR) is 165 cm³/mol. The number of amides is 2. The molecule has 238 valence electrons. The highest BCUT2D eigenvalue weighted by molar-refractivity contribution is 6.30. The molecule has 2 saturated heterocycles. The van der Waals surface area contributed by atoms with Gasteiger partial charge in [0.2, 0.25) is 0 Å². The van der Waals surface area contributed by atoms with Gasteiger partial charge in [-0.2, -0.15) is 5.26 Å². The van der Waals surface area contributed by atoms with Gasteiger partial charge in [0, 0.05) is 49.7 Å². The van der Waals surface area contributed by atoms with Gasteiger partial charge in [0.05, 0.1) is 24.5 Å². The number of nitrogens with zero attached hydrogens (tertiary/aromatic N) is 5. The van der Waals surface area contributed by atoms with Gasteiger partial charge in [-0.05, 0) is 66.5 Å². The number of aromatic nitrogens is 2. The lowest BCUT2D eigenvalue weighted by Crippen LogP contribution is -2.41. The molecule has 0 radical (unpaired) electrons. The average Bonchev–Trinajstić information content (AvgIpc) is 2.95. The number of halogens is 1. The number of morpholine rings is 1. The number of piperidine rings is 1. The molecule has 44 heavy (non-hydrogen) atoms. The maximum atomic E-state index is 12.9. The molecule has 0 atom stereocenters. The molecular formula is C31H41ClN6O6. The van der Waals surface area contributed by atoms with Crippen LogP contribution < -0.4 is 15.0 Å². The molecule has 2 aromatic rings. The molecule has 1 N–H and O–H groups in total. The quantitative estimate of drug-likeness (QED) is 0.386. The molecule has 12 nitrogen and oxygen atoms in total. The minimum absolute atomic E-state index is 0.0102. The first-order chi connectivity index (χ1) is 20.7. The van der Waals surface area contributed by atoms with Crippen molar-refractivity contribution in [2.24, 2.45) is 0 Å². The summed E-state index contributed by atoms with van der Waals surface area (Å²) in [6.07, 6.45) is 1.80.